The molecule has 2 aliphatic heterocycles. The zero-order valence-electron chi connectivity index (χ0n) is 14.2. The second-order valence-corrected chi connectivity index (χ2v) is 6.48. The first-order valence-corrected chi connectivity index (χ1v) is 8.37. The Morgan fingerprint density at radius 2 is 1.58 bits per heavy atom. The van der Waals surface area contributed by atoms with Crippen LogP contribution in [-0.4, -0.2) is 60.2 Å². The Morgan fingerprint density at radius 3 is 2.21 bits per heavy atom. The SMILES string of the molecule is CC(=O)N1CCN(C(=O)CC2CN(C(C)=O)c3ccccc32)CC1. The summed E-state index contributed by atoms with van der Waals surface area (Å²) in [4.78, 5) is 41.2. The van der Waals surface area contributed by atoms with Gasteiger partial charge in [-0.15, -0.1) is 0 Å². The highest BCUT2D eigenvalue weighted by molar-refractivity contribution is 5.94. The number of para-hydroxylation sites is 1. The molecule has 1 unspecified atom stereocenters. The predicted molar refractivity (Wildman–Crippen MR) is 90.7 cm³/mol. The minimum Gasteiger partial charge on any atom is -0.339 e. The molecule has 0 spiro atoms. The van der Waals surface area contributed by atoms with Crippen LogP contribution in [0, 0.1) is 0 Å². The van der Waals surface area contributed by atoms with Gasteiger partial charge in [-0.25, -0.2) is 0 Å². The number of benzene rings is 1. The third-order valence-electron chi connectivity index (χ3n) is 4.95. The van der Waals surface area contributed by atoms with Gasteiger partial charge in [0.15, 0.2) is 0 Å². The van der Waals surface area contributed by atoms with E-state index in [2.05, 4.69) is 0 Å². The van der Waals surface area contributed by atoms with Crippen molar-refractivity contribution in [1.82, 2.24) is 9.80 Å². The van der Waals surface area contributed by atoms with Gasteiger partial charge in [-0.3, -0.25) is 14.4 Å². The molecule has 3 rings (SSSR count). The van der Waals surface area contributed by atoms with Crippen LogP contribution in [0.25, 0.3) is 0 Å². The van der Waals surface area contributed by atoms with E-state index in [-0.39, 0.29) is 23.6 Å². The number of rotatable bonds is 2. The fraction of sp³-hybridized carbons (Fsp3) is 0.500. The van der Waals surface area contributed by atoms with Gasteiger partial charge in [-0.2, -0.15) is 0 Å². The summed E-state index contributed by atoms with van der Waals surface area (Å²) in [5, 5.41) is 0. The van der Waals surface area contributed by atoms with E-state index in [9.17, 15) is 14.4 Å². The lowest BCUT2D eigenvalue weighted by Crippen LogP contribution is -2.50. The molecule has 2 aliphatic rings. The van der Waals surface area contributed by atoms with Crippen molar-refractivity contribution in [1.29, 1.82) is 0 Å². The number of hydrogen-bond donors (Lipinski definition) is 0. The molecule has 1 atom stereocenters. The molecule has 0 N–H and O–H groups in total. The molecule has 128 valence electrons. The molecule has 6 nitrogen and oxygen atoms in total. The number of carbonyl (C=O) groups excluding carboxylic acids is 3. The van der Waals surface area contributed by atoms with Gasteiger partial charge in [0.1, 0.15) is 0 Å². The van der Waals surface area contributed by atoms with E-state index >= 15 is 0 Å². The lowest BCUT2D eigenvalue weighted by molar-refractivity contribution is -0.138. The van der Waals surface area contributed by atoms with Crippen LogP contribution in [-0.2, 0) is 14.4 Å². The summed E-state index contributed by atoms with van der Waals surface area (Å²) in [7, 11) is 0. The van der Waals surface area contributed by atoms with Crippen LogP contribution in [0.5, 0.6) is 0 Å². The van der Waals surface area contributed by atoms with Crippen LogP contribution in [0.3, 0.4) is 0 Å². The Bertz CT molecular complexity index is 665. The van der Waals surface area contributed by atoms with Gasteiger partial charge < -0.3 is 14.7 Å². The van der Waals surface area contributed by atoms with E-state index in [4.69, 9.17) is 0 Å². The van der Waals surface area contributed by atoms with E-state index in [1.54, 1.807) is 23.6 Å². The first-order valence-electron chi connectivity index (χ1n) is 8.37. The Kier molecular flexibility index (Phi) is 4.55. The average Bonchev–Trinajstić information content (AvgIpc) is 2.94. The van der Waals surface area contributed by atoms with Crippen molar-refractivity contribution in [2.45, 2.75) is 26.2 Å². The summed E-state index contributed by atoms with van der Waals surface area (Å²) in [5.74, 6) is 0.211. The summed E-state index contributed by atoms with van der Waals surface area (Å²) in [5.41, 5.74) is 1.99. The number of carbonyl (C=O) groups is 3. The van der Waals surface area contributed by atoms with E-state index in [1.165, 1.54) is 0 Å². The monoisotopic (exact) mass is 329 g/mol. The molecule has 0 aromatic heterocycles. The van der Waals surface area contributed by atoms with Gasteiger partial charge in [0, 0.05) is 64.6 Å². The highest BCUT2D eigenvalue weighted by Gasteiger charge is 2.33. The van der Waals surface area contributed by atoms with Crippen molar-refractivity contribution >= 4 is 23.4 Å². The normalized spacial score (nSPS) is 20.1. The molecular formula is C18H23N3O3. The zero-order valence-corrected chi connectivity index (χ0v) is 14.2. The maximum Gasteiger partial charge on any atom is 0.223 e. The Hall–Kier alpha value is -2.37. The van der Waals surface area contributed by atoms with Crippen LogP contribution in [0.4, 0.5) is 5.69 Å². The van der Waals surface area contributed by atoms with Crippen molar-refractivity contribution < 1.29 is 14.4 Å². The van der Waals surface area contributed by atoms with Crippen LogP contribution >= 0.6 is 0 Å². The summed E-state index contributed by atoms with van der Waals surface area (Å²) in [6.45, 7) is 6.05. The van der Waals surface area contributed by atoms with E-state index in [0.717, 1.165) is 11.3 Å². The quantitative estimate of drug-likeness (QED) is 0.819. The zero-order chi connectivity index (χ0) is 17.3. The Balaban J connectivity index is 1.65. The van der Waals surface area contributed by atoms with Crippen molar-refractivity contribution in [3.63, 3.8) is 0 Å². The first-order chi connectivity index (χ1) is 11.5. The van der Waals surface area contributed by atoms with E-state index in [1.807, 2.05) is 29.2 Å². The second-order valence-electron chi connectivity index (χ2n) is 6.48. The lowest BCUT2D eigenvalue weighted by atomic mass is 9.97. The molecule has 3 amide bonds. The maximum absolute atomic E-state index is 12.6. The average molecular weight is 329 g/mol. The fourth-order valence-electron chi connectivity index (χ4n) is 3.58. The second kappa shape index (κ2) is 6.63. The molecule has 2 heterocycles. The van der Waals surface area contributed by atoms with Gasteiger partial charge in [0.05, 0.1) is 0 Å². The Labute approximate surface area is 142 Å². The van der Waals surface area contributed by atoms with E-state index in [0.29, 0.717) is 39.1 Å². The first kappa shape index (κ1) is 16.5. The number of nitrogens with zero attached hydrogens (tertiary/aromatic N) is 3. The third-order valence-corrected chi connectivity index (χ3v) is 4.95. The summed E-state index contributed by atoms with van der Waals surface area (Å²) in [6, 6.07) is 7.81. The van der Waals surface area contributed by atoms with Crippen LogP contribution < -0.4 is 4.90 Å². The highest BCUT2D eigenvalue weighted by Crippen LogP contribution is 2.38. The maximum atomic E-state index is 12.6. The molecule has 0 radical (unpaired) electrons. The third kappa shape index (κ3) is 3.13. The van der Waals surface area contributed by atoms with Crippen molar-refractivity contribution in [3.05, 3.63) is 29.8 Å². The number of amides is 3. The van der Waals surface area contributed by atoms with Crippen LogP contribution in [0.15, 0.2) is 24.3 Å². The van der Waals surface area contributed by atoms with Gasteiger partial charge >= 0.3 is 0 Å². The molecule has 24 heavy (non-hydrogen) atoms. The minimum absolute atomic E-state index is 0.00692. The van der Waals surface area contributed by atoms with Gasteiger partial charge in [0.2, 0.25) is 17.7 Å². The summed E-state index contributed by atoms with van der Waals surface area (Å²) in [6.07, 6.45) is 0.404. The largest absolute Gasteiger partial charge is 0.339 e. The Morgan fingerprint density at radius 1 is 0.958 bits per heavy atom. The molecule has 6 heteroatoms. The molecular weight excluding hydrogens is 306 g/mol. The van der Waals surface area contributed by atoms with Gasteiger partial charge in [-0.1, -0.05) is 18.2 Å². The summed E-state index contributed by atoms with van der Waals surface area (Å²) < 4.78 is 0. The summed E-state index contributed by atoms with van der Waals surface area (Å²) >= 11 is 0. The van der Waals surface area contributed by atoms with Crippen molar-refractivity contribution in [3.8, 4) is 0 Å². The molecule has 0 bridgehead atoms. The molecule has 1 fully saturated rings. The van der Waals surface area contributed by atoms with Crippen LogP contribution in [0.2, 0.25) is 0 Å². The molecule has 1 saturated heterocycles. The smallest absolute Gasteiger partial charge is 0.223 e. The molecule has 0 saturated carbocycles. The number of fused-ring (bicyclic) bond motifs is 1. The lowest BCUT2D eigenvalue weighted by Gasteiger charge is -2.34. The number of piperazine rings is 1. The van der Waals surface area contributed by atoms with Crippen molar-refractivity contribution in [2.24, 2.45) is 0 Å². The van der Waals surface area contributed by atoms with Crippen molar-refractivity contribution in [2.75, 3.05) is 37.6 Å². The topological polar surface area (TPSA) is 60.9 Å². The highest BCUT2D eigenvalue weighted by atomic mass is 16.2. The van der Waals surface area contributed by atoms with Gasteiger partial charge in [-0.05, 0) is 11.6 Å². The molecule has 1 aromatic rings. The van der Waals surface area contributed by atoms with Gasteiger partial charge in [0.25, 0.3) is 0 Å². The molecule has 0 aliphatic carbocycles. The fourth-order valence-corrected chi connectivity index (χ4v) is 3.58. The standard InChI is InChI=1S/C18H23N3O3/c1-13(22)19-7-9-20(10-8-19)18(24)11-15-12-21(14(2)23)17-6-4-3-5-16(15)17/h3-6,15H,7-12H2,1-2H3. The minimum atomic E-state index is 0.00692. The number of hydrogen-bond acceptors (Lipinski definition) is 3. The van der Waals surface area contributed by atoms with Crippen LogP contribution in [0.1, 0.15) is 31.7 Å². The predicted octanol–water partition coefficient (Wildman–Crippen LogP) is 1.22. The number of anilines is 1. The van der Waals surface area contributed by atoms with E-state index < -0.39 is 0 Å². The molecule has 1 aromatic carbocycles.